The lowest BCUT2D eigenvalue weighted by Crippen LogP contribution is -1.81. The SMILES string of the molecule is C#[N+]c1c(C)cc(C)cc1C. The van der Waals surface area contributed by atoms with Gasteiger partial charge in [0.15, 0.2) is 0 Å². The van der Waals surface area contributed by atoms with E-state index in [9.17, 15) is 0 Å². The highest BCUT2D eigenvalue weighted by molar-refractivity contribution is 5.59. The molecule has 0 aliphatic carbocycles. The average molecular weight is 146 g/mol. The summed E-state index contributed by atoms with van der Waals surface area (Å²) in [6, 6.07) is 4.16. The minimum atomic E-state index is 0.913. The van der Waals surface area contributed by atoms with Crippen molar-refractivity contribution in [1.82, 2.24) is 0 Å². The Labute approximate surface area is 67.5 Å². The molecule has 0 saturated heterocycles. The van der Waals surface area contributed by atoms with Crippen LogP contribution in [0.4, 0.5) is 5.69 Å². The predicted octanol–water partition coefficient (Wildman–Crippen LogP) is 3.21. The molecule has 1 heteroatoms. The molecule has 0 N–H and O–H groups in total. The highest BCUT2D eigenvalue weighted by atomic mass is 14.6. The summed E-state index contributed by atoms with van der Waals surface area (Å²) >= 11 is 0. The van der Waals surface area contributed by atoms with Crippen molar-refractivity contribution in [2.75, 3.05) is 0 Å². The molecule has 0 unspecified atom stereocenters. The molecule has 0 spiro atoms. The van der Waals surface area contributed by atoms with Crippen molar-refractivity contribution >= 4 is 5.69 Å². The Bertz CT molecular complexity index is 295. The monoisotopic (exact) mass is 146 g/mol. The first kappa shape index (κ1) is 7.81. The minimum Gasteiger partial charge on any atom is -0.0500 e. The van der Waals surface area contributed by atoms with E-state index in [4.69, 9.17) is 6.57 Å². The van der Waals surface area contributed by atoms with E-state index >= 15 is 0 Å². The van der Waals surface area contributed by atoms with Crippen LogP contribution in [0.3, 0.4) is 0 Å². The molecule has 0 aromatic heterocycles. The summed E-state index contributed by atoms with van der Waals surface area (Å²) in [5.41, 5.74) is 4.46. The van der Waals surface area contributed by atoms with Crippen molar-refractivity contribution in [2.24, 2.45) is 0 Å². The Balaban J connectivity index is 3.40. The van der Waals surface area contributed by atoms with E-state index in [-0.39, 0.29) is 0 Å². The fourth-order valence-corrected chi connectivity index (χ4v) is 1.38. The second kappa shape index (κ2) is 2.75. The van der Waals surface area contributed by atoms with Crippen molar-refractivity contribution in [2.45, 2.75) is 20.8 Å². The van der Waals surface area contributed by atoms with E-state index in [0.717, 1.165) is 16.8 Å². The van der Waals surface area contributed by atoms with E-state index in [1.54, 1.807) is 0 Å². The predicted molar refractivity (Wildman–Crippen MR) is 48.6 cm³/mol. The van der Waals surface area contributed by atoms with Crippen LogP contribution in [-0.2, 0) is 0 Å². The van der Waals surface area contributed by atoms with E-state index < -0.39 is 0 Å². The standard InChI is InChI=1S/C10H12N/c1-7-5-8(2)10(11-4)9(3)6-7/h4-6H,1-3H3/q+1. The van der Waals surface area contributed by atoms with Gasteiger partial charge in [-0.3, -0.25) is 0 Å². The molecule has 1 aromatic rings. The van der Waals surface area contributed by atoms with Crippen molar-refractivity contribution < 1.29 is 0 Å². The van der Waals surface area contributed by atoms with Gasteiger partial charge in [0.2, 0.25) is 0 Å². The molecule has 0 amide bonds. The summed E-state index contributed by atoms with van der Waals surface area (Å²) in [6.45, 7) is 11.3. The summed E-state index contributed by atoms with van der Waals surface area (Å²) < 4.78 is 0. The Morgan fingerprint density at radius 1 is 1.09 bits per heavy atom. The minimum absolute atomic E-state index is 0.913. The van der Waals surface area contributed by atoms with Crippen molar-refractivity contribution in [1.29, 1.82) is 0 Å². The molecule has 0 heterocycles. The molecule has 1 rings (SSSR count). The lowest BCUT2D eigenvalue weighted by Gasteiger charge is -1.95. The Hall–Kier alpha value is -1.29. The highest BCUT2D eigenvalue weighted by Crippen LogP contribution is 2.24. The largest absolute Gasteiger partial charge is 0.345 e. The Morgan fingerprint density at radius 2 is 1.55 bits per heavy atom. The zero-order valence-electron chi connectivity index (χ0n) is 7.18. The molecule has 11 heavy (non-hydrogen) atoms. The summed E-state index contributed by atoms with van der Waals surface area (Å²) in [6.07, 6.45) is 0. The molecule has 0 fully saturated rings. The van der Waals surface area contributed by atoms with Gasteiger partial charge in [0.25, 0.3) is 6.57 Å². The molecule has 0 saturated carbocycles. The maximum atomic E-state index is 5.23. The van der Waals surface area contributed by atoms with Crippen LogP contribution in [0.25, 0.3) is 4.85 Å². The second-order valence-corrected chi connectivity index (χ2v) is 2.88. The van der Waals surface area contributed by atoms with Gasteiger partial charge in [-0.05, 0) is 37.7 Å². The summed E-state index contributed by atoms with van der Waals surface area (Å²) in [7, 11) is 0. The van der Waals surface area contributed by atoms with Crippen LogP contribution in [0, 0.1) is 27.3 Å². The van der Waals surface area contributed by atoms with Gasteiger partial charge >= 0.3 is 5.69 Å². The summed E-state index contributed by atoms with van der Waals surface area (Å²) in [5.74, 6) is 0. The number of nitrogens with zero attached hydrogens (tertiary/aromatic N) is 1. The smallest absolute Gasteiger partial charge is 0.0500 e. The van der Waals surface area contributed by atoms with Gasteiger partial charge in [-0.2, -0.15) is 0 Å². The van der Waals surface area contributed by atoms with Gasteiger partial charge in [0.1, 0.15) is 0 Å². The molecule has 0 atom stereocenters. The molecule has 0 aliphatic rings. The quantitative estimate of drug-likeness (QED) is 0.529. The number of aryl methyl sites for hydroxylation is 3. The average Bonchev–Trinajstić information content (AvgIpc) is 1.85. The molecular weight excluding hydrogens is 134 g/mol. The molecular formula is C10H12N+. The second-order valence-electron chi connectivity index (χ2n) is 2.88. The van der Waals surface area contributed by atoms with E-state index in [0.29, 0.717) is 0 Å². The lowest BCUT2D eigenvalue weighted by molar-refractivity contribution is 1.34. The van der Waals surface area contributed by atoms with Gasteiger partial charge in [-0.1, -0.05) is 5.56 Å². The van der Waals surface area contributed by atoms with E-state index in [1.807, 2.05) is 13.8 Å². The van der Waals surface area contributed by atoms with Crippen molar-refractivity contribution in [3.05, 3.63) is 33.7 Å². The van der Waals surface area contributed by atoms with Crippen LogP contribution in [0.5, 0.6) is 0 Å². The number of hydrogen-bond donors (Lipinski definition) is 0. The van der Waals surface area contributed by atoms with E-state index in [2.05, 4.69) is 23.9 Å². The van der Waals surface area contributed by atoms with E-state index in [1.165, 1.54) is 5.56 Å². The van der Waals surface area contributed by atoms with Crippen LogP contribution in [0.1, 0.15) is 16.7 Å². The van der Waals surface area contributed by atoms with Gasteiger partial charge < -0.3 is 0 Å². The molecule has 1 aromatic carbocycles. The summed E-state index contributed by atoms with van der Waals surface area (Å²) in [4.78, 5) is 3.71. The van der Waals surface area contributed by atoms with Gasteiger partial charge in [0.05, 0.1) is 0 Å². The van der Waals surface area contributed by atoms with Crippen LogP contribution in [0.15, 0.2) is 12.1 Å². The molecule has 56 valence electrons. The van der Waals surface area contributed by atoms with Crippen LogP contribution >= 0.6 is 0 Å². The molecule has 0 aliphatic heterocycles. The number of hydrogen-bond acceptors (Lipinski definition) is 0. The van der Waals surface area contributed by atoms with Crippen molar-refractivity contribution in [3.63, 3.8) is 0 Å². The summed E-state index contributed by atoms with van der Waals surface area (Å²) in [5, 5.41) is 0. The van der Waals surface area contributed by atoms with Crippen LogP contribution in [-0.4, -0.2) is 0 Å². The maximum Gasteiger partial charge on any atom is 0.345 e. The highest BCUT2D eigenvalue weighted by Gasteiger charge is 2.10. The first-order chi connectivity index (χ1) is 5.15. The van der Waals surface area contributed by atoms with Crippen LogP contribution < -0.4 is 0 Å². The van der Waals surface area contributed by atoms with Gasteiger partial charge in [-0.15, -0.1) is 0 Å². The Morgan fingerprint density at radius 3 is 1.91 bits per heavy atom. The zero-order chi connectivity index (χ0) is 8.43. The zero-order valence-corrected chi connectivity index (χ0v) is 7.18. The molecule has 0 bridgehead atoms. The Kier molecular flexibility index (Phi) is 1.96. The van der Waals surface area contributed by atoms with Crippen LogP contribution in [0.2, 0.25) is 0 Å². The third-order valence-corrected chi connectivity index (χ3v) is 1.76. The maximum absolute atomic E-state index is 5.23. The first-order valence-electron chi connectivity index (χ1n) is 3.64. The first-order valence-corrected chi connectivity index (χ1v) is 3.64. The lowest BCUT2D eigenvalue weighted by atomic mass is 10.1. The molecule has 1 nitrogen and oxygen atoms in total. The third kappa shape index (κ3) is 1.40. The van der Waals surface area contributed by atoms with Crippen molar-refractivity contribution in [3.8, 4) is 6.57 Å². The number of rotatable bonds is 0. The third-order valence-electron chi connectivity index (χ3n) is 1.76. The number of benzene rings is 1. The topological polar surface area (TPSA) is 4.36 Å². The molecule has 0 radical (unpaired) electrons. The fraction of sp³-hybridized carbons (Fsp3) is 0.300. The van der Waals surface area contributed by atoms with Gasteiger partial charge in [-0.25, -0.2) is 0 Å². The fourth-order valence-electron chi connectivity index (χ4n) is 1.38. The van der Waals surface area contributed by atoms with Gasteiger partial charge in [0, 0.05) is 11.1 Å². The normalized spacial score (nSPS) is 9.27.